The lowest BCUT2D eigenvalue weighted by Crippen LogP contribution is -2.44. The van der Waals surface area contributed by atoms with E-state index < -0.39 is 5.41 Å². The maximum atomic E-state index is 13.1. The third-order valence-electron chi connectivity index (χ3n) is 6.43. The Morgan fingerprint density at radius 2 is 1.75 bits per heavy atom. The topological polar surface area (TPSA) is 62.3 Å². The number of carbonyl (C=O) groups is 2. The number of nitrogens with one attached hydrogen (secondary N) is 1. The van der Waals surface area contributed by atoms with Gasteiger partial charge in [0.05, 0.1) is 11.8 Å². The molecule has 32 heavy (non-hydrogen) atoms. The summed E-state index contributed by atoms with van der Waals surface area (Å²) in [4.78, 5) is 32.1. The van der Waals surface area contributed by atoms with Gasteiger partial charge >= 0.3 is 0 Å². The van der Waals surface area contributed by atoms with Crippen molar-refractivity contribution in [2.24, 2.45) is 5.41 Å². The van der Waals surface area contributed by atoms with Crippen molar-refractivity contribution in [2.45, 2.75) is 26.2 Å². The summed E-state index contributed by atoms with van der Waals surface area (Å²) >= 11 is 0. The van der Waals surface area contributed by atoms with Crippen molar-refractivity contribution in [2.75, 3.05) is 20.1 Å². The highest BCUT2D eigenvalue weighted by Crippen LogP contribution is 2.37. The van der Waals surface area contributed by atoms with Crippen molar-refractivity contribution in [1.29, 1.82) is 0 Å². The van der Waals surface area contributed by atoms with Crippen molar-refractivity contribution >= 4 is 11.8 Å². The molecule has 0 aliphatic carbocycles. The van der Waals surface area contributed by atoms with Gasteiger partial charge in [0, 0.05) is 32.5 Å². The first-order chi connectivity index (χ1) is 15.5. The van der Waals surface area contributed by atoms with Crippen LogP contribution in [-0.4, -0.2) is 41.8 Å². The lowest BCUT2D eigenvalue weighted by atomic mass is 9.78. The second kappa shape index (κ2) is 9.35. The number of hydrogen-bond donors (Lipinski definition) is 1. The van der Waals surface area contributed by atoms with Crippen molar-refractivity contribution in [3.63, 3.8) is 0 Å². The van der Waals surface area contributed by atoms with Gasteiger partial charge in [-0.15, -0.1) is 0 Å². The summed E-state index contributed by atoms with van der Waals surface area (Å²) in [6.45, 7) is 3.06. The summed E-state index contributed by atoms with van der Waals surface area (Å²) in [7, 11) is 1.68. The molecule has 1 aliphatic heterocycles. The van der Waals surface area contributed by atoms with Crippen molar-refractivity contribution in [3.05, 3.63) is 89.7 Å². The van der Waals surface area contributed by atoms with Gasteiger partial charge < -0.3 is 10.2 Å². The number of carbonyl (C=O) groups excluding carboxylic acids is 2. The van der Waals surface area contributed by atoms with E-state index >= 15 is 0 Å². The minimum atomic E-state index is -0.638. The van der Waals surface area contributed by atoms with E-state index in [0.717, 1.165) is 22.3 Å². The number of pyridine rings is 1. The fraction of sp³-hybridized carbons (Fsp3) is 0.296. The molecule has 1 saturated heterocycles. The highest BCUT2D eigenvalue weighted by Gasteiger charge is 2.45. The average Bonchev–Trinajstić information content (AvgIpc) is 3.26. The quantitative estimate of drug-likeness (QED) is 0.651. The number of benzene rings is 2. The smallest absolute Gasteiger partial charge is 0.228 e. The predicted molar refractivity (Wildman–Crippen MR) is 126 cm³/mol. The van der Waals surface area contributed by atoms with E-state index in [4.69, 9.17) is 0 Å². The van der Waals surface area contributed by atoms with Gasteiger partial charge in [0.25, 0.3) is 0 Å². The zero-order chi connectivity index (χ0) is 22.6. The number of aromatic nitrogens is 1. The molecule has 164 valence electrons. The molecule has 0 radical (unpaired) electrons. The molecule has 0 bridgehead atoms. The molecule has 5 nitrogen and oxygen atoms in total. The van der Waals surface area contributed by atoms with E-state index in [1.165, 1.54) is 5.56 Å². The monoisotopic (exact) mass is 427 g/mol. The van der Waals surface area contributed by atoms with Crippen LogP contribution in [0.3, 0.4) is 0 Å². The van der Waals surface area contributed by atoms with E-state index in [-0.39, 0.29) is 11.8 Å². The van der Waals surface area contributed by atoms with Gasteiger partial charge in [0.15, 0.2) is 0 Å². The maximum Gasteiger partial charge on any atom is 0.228 e. The number of amides is 2. The largest absolute Gasteiger partial charge is 0.359 e. The summed E-state index contributed by atoms with van der Waals surface area (Å²) in [5.74, 6) is 0.0646. The van der Waals surface area contributed by atoms with Crippen molar-refractivity contribution < 1.29 is 9.59 Å². The van der Waals surface area contributed by atoms with Crippen LogP contribution < -0.4 is 5.32 Å². The first-order valence-corrected chi connectivity index (χ1v) is 11.0. The van der Waals surface area contributed by atoms with Crippen LogP contribution >= 0.6 is 0 Å². The summed E-state index contributed by atoms with van der Waals surface area (Å²) in [5.41, 5.74) is 4.82. The summed E-state index contributed by atoms with van der Waals surface area (Å²) < 4.78 is 0. The first-order valence-electron chi connectivity index (χ1n) is 11.0. The molecule has 1 fully saturated rings. The van der Waals surface area contributed by atoms with E-state index in [9.17, 15) is 9.59 Å². The third-order valence-corrected chi connectivity index (χ3v) is 6.43. The van der Waals surface area contributed by atoms with Crippen LogP contribution in [-0.2, 0) is 22.4 Å². The molecule has 2 amide bonds. The van der Waals surface area contributed by atoms with Crippen LogP contribution in [0.15, 0.2) is 73.1 Å². The van der Waals surface area contributed by atoms with Crippen LogP contribution in [0.25, 0.3) is 11.1 Å². The Kier molecular flexibility index (Phi) is 6.35. The van der Waals surface area contributed by atoms with Gasteiger partial charge in [-0.3, -0.25) is 14.6 Å². The standard InChI is InChI=1S/C27H29N3O2/c1-20-7-9-21(10-8-20)17-25(31)30-16-13-27(19-30,26(32)28-2)18-23-5-3-4-6-24(23)22-11-14-29-15-12-22/h3-12,14-15H,13,16-19H2,1-2H3,(H,28,32)/t27-/m1/s1. The highest BCUT2D eigenvalue weighted by molar-refractivity contribution is 5.86. The normalized spacial score (nSPS) is 17.9. The number of likely N-dealkylation sites (tertiary alicyclic amines) is 1. The van der Waals surface area contributed by atoms with Crippen LogP contribution in [0.1, 0.15) is 23.1 Å². The van der Waals surface area contributed by atoms with Crippen molar-refractivity contribution in [3.8, 4) is 11.1 Å². The Labute approximate surface area is 189 Å². The van der Waals surface area contributed by atoms with Crippen LogP contribution in [0, 0.1) is 12.3 Å². The number of aryl methyl sites for hydroxylation is 1. The number of rotatable bonds is 6. The average molecular weight is 428 g/mol. The highest BCUT2D eigenvalue weighted by atomic mass is 16.2. The molecular weight excluding hydrogens is 398 g/mol. The zero-order valence-electron chi connectivity index (χ0n) is 18.7. The van der Waals surface area contributed by atoms with Crippen LogP contribution in [0.5, 0.6) is 0 Å². The van der Waals surface area contributed by atoms with E-state index in [1.54, 1.807) is 19.4 Å². The SMILES string of the molecule is CNC(=O)[C@@]1(Cc2ccccc2-c2ccncc2)CCN(C(=O)Cc2ccc(C)cc2)C1. The molecule has 4 rings (SSSR count). The Morgan fingerprint density at radius 3 is 2.47 bits per heavy atom. The predicted octanol–water partition coefficient (Wildman–Crippen LogP) is 3.81. The minimum Gasteiger partial charge on any atom is -0.359 e. The summed E-state index contributed by atoms with van der Waals surface area (Å²) in [5, 5.41) is 2.86. The molecule has 0 saturated carbocycles. The van der Waals surface area contributed by atoms with Gasteiger partial charge in [-0.25, -0.2) is 0 Å². The Balaban J connectivity index is 1.57. The van der Waals surface area contributed by atoms with Gasteiger partial charge in [-0.1, -0.05) is 54.1 Å². The lowest BCUT2D eigenvalue weighted by Gasteiger charge is -2.28. The van der Waals surface area contributed by atoms with Crippen LogP contribution in [0.4, 0.5) is 0 Å². The minimum absolute atomic E-state index is 0.00679. The van der Waals surface area contributed by atoms with Gasteiger partial charge in [0.2, 0.25) is 11.8 Å². The lowest BCUT2D eigenvalue weighted by molar-refractivity contribution is -0.132. The summed E-state index contributed by atoms with van der Waals surface area (Å²) in [6, 6.07) is 20.2. The molecule has 1 aliphatic rings. The molecule has 3 aromatic rings. The van der Waals surface area contributed by atoms with E-state index in [1.807, 2.05) is 60.4 Å². The fourth-order valence-corrected chi connectivity index (χ4v) is 4.60. The van der Waals surface area contributed by atoms with Gasteiger partial charge in [-0.2, -0.15) is 0 Å². The molecular formula is C27H29N3O2. The van der Waals surface area contributed by atoms with Crippen LogP contribution in [0.2, 0.25) is 0 Å². The summed E-state index contributed by atoms with van der Waals surface area (Å²) in [6.07, 6.45) is 5.15. The molecule has 1 N–H and O–H groups in total. The van der Waals surface area contributed by atoms with E-state index in [2.05, 4.69) is 22.4 Å². The second-order valence-electron chi connectivity index (χ2n) is 8.66. The molecule has 0 unspecified atom stereocenters. The second-order valence-corrected chi connectivity index (χ2v) is 8.66. The Bertz CT molecular complexity index is 1100. The fourth-order valence-electron chi connectivity index (χ4n) is 4.60. The number of nitrogens with zero attached hydrogens (tertiary/aromatic N) is 2. The van der Waals surface area contributed by atoms with Gasteiger partial charge in [-0.05, 0) is 54.2 Å². The Hall–Kier alpha value is -3.47. The molecule has 5 heteroatoms. The van der Waals surface area contributed by atoms with Crippen molar-refractivity contribution in [1.82, 2.24) is 15.2 Å². The van der Waals surface area contributed by atoms with Gasteiger partial charge in [0.1, 0.15) is 0 Å². The first kappa shape index (κ1) is 21.8. The van der Waals surface area contributed by atoms with E-state index in [0.29, 0.717) is 32.4 Å². The molecule has 1 atom stereocenters. The molecule has 2 aromatic carbocycles. The Morgan fingerprint density at radius 1 is 1.03 bits per heavy atom. The molecule has 0 spiro atoms. The molecule has 1 aromatic heterocycles. The number of hydrogen-bond acceptors (Lipinski definition) is 3. The third kappa shape index (κ3) is 4.57. The molecule has 2 heterocycles. The zero-order valence-corrected chi connectivity index (χ0v) is 18.7. The maximum absolute atomic E-state index is 13.1.